The minimum absolute atomic E-state index is 0.119. The van der Waals surface area contributed by atoms with Gasteiger partial charge in [0.15, 0.2) is 0 Å². The number of amides is 1. The van der Waals surface area contributed by atoms with E-state index in [4.69, 9.17) is 9.97 Å². The highest BCUT2D eigenvalue weighted by atomic mass is 32.1. The van der Waals surface area contributed by atoms with Gasteiger partial charge in [0.25, 0.3) is 0 Å². The topological polar surface area (TPSA) is 73.4 Å². The van der Waals surface area contributed by atoms with Crippen molar-refractivity contribution in [3.05, 3.63) is 10.8 Å². The van der Waals surface area contributed by atoms with E-state index in [1.54, 1.807) is 11.3 Å². The molecular formula is C25H38N6OS. The van der Waals surface area contributed by atoms with Gasteiger partial charge >= 0.3 is 0 Å². The number of rotatable bonds is 7. The van der Waals surface area contributed by atoms with E-state index < -0.39 is 0 Å². The zero-order valence-corrected chi connectivity index (χ0v) is 20.7. The minimum atomic E-state index is 0.119. The molecule has 5 rings (SSSR count). The standard InChI is InChI=1S/C25H38N6OS/c1-2-26-24(32)19-7-13-31(14-8-19)23-21-16-33-17-22(21)28-25(29-23)27-20-9-11-30(12-10-20)15-18-5-3-4-6-18/h16-20H,2-15H2,1H3,(H,26,32)(H,27,28). The Morgan fingerprint density at radius 2 is 1.79 bits per heavy atom. The maximum atomic E-state index is 12.2. The zero-order chi connectivity index (χ0) is 22.6. The van der Waals surface area contributed by atoms with E-state index in [0.29, 0.717) is 12.6 Å². The Morgan fingerprint density at radius 3 is 2.52 bits per heavy atom. The first kappa shape index (κ1) is 22.8. The van der Waals surface area contributed by atoms with Gasteiger partial charge < -0.3 is 20.4 Å². The van der Waals surface area contributed by atoms with Crippen LogP contribution in [0, 0.1) is 11.8 Å². The number of carbonyl (C=O) groups excluding carboxylic acids is 1. The first-order valence-electron chi connectivity index (χ1n) is 12.9. The highest BCUT2D eigenvalue weighted by Crippen LogP contribution is 2.32. The molecule has 2 aliphatic heterocycles. The Morgan fingerprint density at radius 1 is 1.03 bits per heavy atom. The zero-order valence-electron chi connectivity index (χ0n) is 19.9. The van der Waals surface area contributed by atoms with Crippen LogP contribution in [0.1, 0.15) is 58.3 Å². The Hall–Kier alpha value is -1.93. The normalized spacial score (nSPS) is 21.7. The lowest BCUT2D eigenvalue weighted by Crippen LogP contribution is -2.41. The summed E-state index contributed by atoms with van der Waals surface area (Å²) in [5, 5.41) is 12.1. The first-order chi connectivity index (χ1) is 16.2. The lowest BCUT2D eigenvalue weighted by Gasteiger charge is -2.34. The number of thiophene rings is 1. The van der Waals surface area contributed by atoms with Gasteiger partial charge in [0, 0.05) is 62.0 Å². The third-order valence-electron chi connectivity index (χ3n) is 7.75. The summed E-state index contributed by atoms with van der Waals surface area (Å²) in [6.07, 6.45) is 9.78. The monoisotopic (exact) mass is 470 g/mol. The smallest absolute Gasteiger partial charge is 0.225 e. The lowest BCUT2D eigenvalue weighted by atomic mass is 9.96. The van der Waals surface area contributed by atoms with Crippen LogP contribution in [0.3, 0.4) is 0 Å². The molecule has 0 bridgehead atoms. The van der Waals surface area contributed by atoms with Gasteiger partial charge in [0.2, 0.25) is 11.9 Å². The molecule has 0 unspecified atom stereocenters. The second-order valence-corrected chi connectivity index (χ2v) is 10.8. The van der Waals surface area contributed by atoms with Crippen LogP contribution < -0.4 is 15.5 Å². The summed E-state index contributed by atoms with van der Waals surface area (Å²) in [5.74, 6) is 3.03. The predicted octanol–water partition coefficient (Wildman–Crippen LogP) is 4.11. The fraction of sp³-hybridized carbons (Fsp3) is 0.720. The van der Waals surface area contributed by atoms with Crippen molar-refractivity contribution in [2.24, 2.45) is 11.8 Å². The Bertz CT molecular complexity index is 926. The molecule has 3 aliphatic rings. The predicted molar refractivity (Wildman–Crippen MR) is 136 cm³/mol. The summed E-state index contributed by atoms with van der Waals surface area (Å²) in [6.45, 7) is 8.06. The van der Waals surface area contributed by atoms with Crippen molar-refractivity contribution in [3.63, 3.8) is 0 Å². The molecule has 2 aromatic rings. The Balaban J connectivity index is 1.21. The molecule has 8 heteroatoms. The van der Waals surface area contributed by atoms with Gasteiger partial charge in [-0.05, 0) is 51.4 Å². The SMILES string of the molecule is CCNC(=O)C1CCN(c2nc(NC3CCN(CC4CCCC4)CC3)nc3cscc23)CC1. The van der Waals surface area contributed by atoms with Crippen molar-refractivity contribution >= 4 is 39.9 Å². The number of carbonyl (C=O) groups is 1. The molecular weight excluding hydrogens is 432 g/mol. The van der Waals surface area contributed by atoms with E-state index in [1.807, 2.05) is 6.92 Å². The highest BCUT2D eigenvalue weighted by molar-refractivity contribution is 7.09. The van der Waals surface area contributed by atoms with Crippen LogP contribution in [0.25, 0.3) is 10.9 Å². The quantitative estimate of drug-likeness (QED) is 0.634. The van der Waals surface area contributed by atoms with Crippen LogP contribution >= 0.6 is 11.3 Å². The number of aromatic nitrogens is 2. The van der Waals surface area contributed by atoms with Gasteiger partial charge in [-0.2, -0.15) is 4.98 Å². The molecule has 0 atom stereocenters. The number of piperidine rings is 2. The van der Waals surface area contributed by atoms with Crippen LogP contribution in [-0.4, -0.2) is 66.1 Å². The second kappa shape index (κ2) is 10.6. The highest BCUT2D eigenvalue weighted by Gasteiger charge is 2.28. The summed E-state index contributed by atoms with van der Waals surface area (Å²) < 4.78 is 0. The van der Waals surface area contributed by atoms with E-state index in [2.05, 4.69) is 31.2 Å². The molecule has 0 spiro atoms. The van der Waals surface area contributed by atoms with Gasteiger partial charge in [0.05, 0.1) is 10.9 Å². The summed E-state index contributed by atoms with van der Waals surface area (Å²) in [4.78, 5) is 27.1. The number of anilines is 2. The number of fused-ring (bicyclic) bond motifs is 1. The lowest BCUT2D eigenvalue weighted by molar-refractivity contribution is -0.125. The fourth-order valence-corrected chi connectivity index (χ4v) is 6.56. The van der Waals surface area contributed by atoms with Crippen molar-refractivity contribution < 1.29 is 4.79 Å². The number of hydrogen-bond acceptors (Lipinski definition) is 7. The fourth-order valence-electron chi connectivity index (χ4n) is 5.82. The van der Waals surface area contributed by atoms with Crippen molar-refractivity contribution in [3.8, 4) is 0 Å². The third-order valence-corrected chi connectivity index (χ3v) is 8.48. The summed E-state index contributed by atoms with van der Waals surface area (Å²) in [7, 11) is 0. The van der Waals surface area contributed by atoms with Crippen LogP contribution in [-0.2, 0) is 4.79 Å². The molecule has 7 nitrogen and oxygen atoms in total. The van der Waals surface area contributed by atoms with Crippen LogP contribution in [0.5, 0.6) is 0 Å². The van der Waals surface area contributed by atoms with Gasteiger partial charge in [-0.15, -0.1) is 11.3 Å². The largest absolute Gasteiger partial charge is 0.356 e. The van der Waals surface area contributed by atoms with Crippen molar-refractivity contribution in [2.45, 2.75) is 64.3 Å². The van der Waals surface area contributed by atoms with Gasteiger partial charge in [-0.1, -0.05) is 12.8 Å². The first-order valence-corrected chi connectivity index (χ1v) is 13.9. The maximum absolute atomic E-state index is 12.2. The molecule has 2 aromatic heterocycles. The molecule has 0 radical (unpaired) electrons. The second-order valence-electron chi connectivity index (χ2n) is 10.1. The van der Waals surface area contributed by atoms with E-state index >= 15 is 0 Å². The molecule has 0 aromatic carbocycles. The molecule has 180 valence electrons. The van der Waals surface area contributed by atoms with Gasteiger partial charge in [0.1, 0.15) is 5.82 Å². The summed E-state index contributed by atoms with van der Waals surface area (Å²) >= 11 is 1.69. The summed E-state index contributed by atoms with van der Waals surface area (Å²) in [5.41, 5.74) is 1.03. The molecule has 1 saturated carbocycles. The molecule has 2 N–H and O–H groups in total. The molecule has 1 aliphatic carbocycles. The van der Waals surface area contributed by atoms with Crippen LogP contribution in [0.2, 0.25) is 0 Å². The minimum Gasteiger partial charge on any atom is -0.356 e. The number of likely N-dealkylation sites (tertiary alicyclic amines) is 1. The molecule has 1 amide bonds. The van der Waals surface area contributed by atoms with Gasteiger partial charge in [-0.25, -0.2) is 4.98 Å². The number of hydrogen-bond donors (Lipinski definition) is 2. The molecule has 33 heavy (non-hydrogen) atoms. The van der Waals surface area contributed by atoms with Crippen LogP contribution in [0.4, 0.5) is 11.8 Å². The van der Waals surface area contributed by atoms with E-state index in [9.17, 15) is 4.79 Å². The van der Waals surface area contributed by atoms with Gasteiger partial charge in [-0.3, -0.25) is 4.79 Å². The maximum Gasteiger partial charge on any atom is 0.225 e. The Labute approximate surface area is 201 Å². The van der Waals surface area contributed by atoms with Crippen molar-refractivity contribution in [1.82, 2.24) is 20.2 Å². The third kappa shape index (κ3) is 5.43. The Kier molecular flexibility index (Phi) is 7.30. The number of nitrogens with one attached hydrogen (secondary N) is 2. The van der Waals surface area contributed by atoms with Crippen molar-refractivity contribution in [2.75, 3.05) is 49.5 Å². The van der Waals surface area contributed by atoms with E-state index in [1.165, 1.54) is 45.3 Å². The number of nitrogens with zero attached hydrogens (tertiary/aromatic N) is 4. The van der Waals surface area contributed by atoms with E-state index in [-0.39, 0.29) is 11.8 Å². The summed E-state index contributed by atoms with van der Waals surface area (Å²) in [6, 6.07) is 0.442. The average molecular weight is 471 g/mol. The molecule has 4 heterocycles. The van der Waals surface area contributed by atoms with E-state index in [0.717, 1.165) is 67.4 Å². The molecule has 3 fully saturated rings. The molecule has 2 saturated heterocycles. The van der Waals surface area contributed by atoms with Crippen molar-refractivity contribution in [1.29, 1.82) is 0 Å². The van der Waals surface area contributed by atoms with Crippen LogP contribution in [0.15, 0.2) is 10.8 Å². The average Bonchev–Trinajstić information content (AvgIpc) is 3.52.